The highest BCUT2D eigenvalue weighted by Gasteiger charge is 2.54. The third kappa shape index (κ3) is 28.4. The van der Waals surface area contributed by atoms with E-state index in [-0.39, 0.29) is 12.8 Å². The lowest BCUT2D eigenvalue weighted by Gasteiger charge is -2.43. The molecule has 1 saturated carbocycles. The molecule has 2 rings (SSSR count). The Morgan fingerprint density at radius 2 is 1.12 bits per heavy atom. The Balaban J connectivity index is 1.80. The molecule has 1 aliphatic carbocycles. The summed E-state index contributed by atoms with van der Waals surface area (Å²) in [5.74, 6) is -1.28. The minimum Gasteiger partial charge on any atom is -0.462 e. The molecule has 0 bridgehead atoms. The molecule has 1 saturated heterocycles. The average Bonchev–Trinajstić information content (AvgIpc) is 4.03. The lowest BCUT2D eigenvalue weighted by Crippen LogP contribution is -2.64. The van der Waals surface area contributed by atoms with Crippen LogP contribution >= 0.6 is 15.6 Å². The van der Waals surface area contributed by atoms with Crippen molar-refractivity contribution in [2.24, 2.45) is 0 Å². The lowest BCUT2D eigenvalue weighted by molar-refractivity contribution is -0.216. The highest BCUT2D eigenvalue weighted by atomic mass is 31.2. The Morgan fingerprint density at radius 3 is 1.74 bits per heavy atom. The molecule has 1 heterocycles. The van der Waals surface area contributed by atoms with Gasteiger partial charge in [-0.25, -0.2) is 9.13 Å². The minimum atomic E-state index is -5.37. The molecule has 7 unspecified atom stereocenters. The fourth-order valence-electron chi connectivity index (χ4n) is 7.47. The second-order valence-electron chi connectivity index (χ2n) is 17.2. The van der Waals surface area contributed by atoms with E-state index >= 15 is 0 Å². The number of carbonyl (C=O) groups excluding carboxylic acids is 2. The normalized spacial score (nSPS) is 25.0. The van der Waals surface area contributed by atoms with E-state index < -0.39 is 83.5 Å². The Hall–Kier alpha value is -2.08. The molecule has 19 heteroatoms. The van der Waals surface area contributed by atoms with Gasteiger partial charge in [0.2, 0.25) is 0 Å². The smallest absolute Gasteiger partial charge is 0.462 e. The molecule has 382 valence electrons. The van der Waals surface area contributed by atoms with Gasteiger partial charge in [0.05, 0.1) is 18.8 Å². The summed E-state index contributed by atoms with van der Waals surface area (Å²) in [7, 11) is -10.7. The Labute approximate surface area is 392 Å². The second kappa shape index (κ2) is 35.1. The first kappa shape index (κ1) is 60.0. The van der Waals surface area contributed by atoms with E-state index in [1.165, 1.54) is 57.8 Å². The van der Waals surface area contributed by atoms with Gasteiger partial charge in [0, 0.05) is 12.8 Å². The molecule has 2 fully saturated rings. The number of hydrogen-bond acceptors (Lipinski definition) is 14. The van der Waals surface area contributed by atoms with Gasteiger partial charge in [-0.2, -0.15) is 0 Å². The summed E-state index contributed by atoms with van der Waals surface area (Å²) in [4.78, 5) is 54.3. The fourth-order valence-corrected chi connectivity index (χ4v) is 9.01. The van der Waals surface area contributed by atoms with Crippen LogP contribution in [0.5, 0.6) is 0 Å². The molecule has 1 aliphatic heterocycles. The van der Waals surface area contributed by atoms with Crippen molar-refractivity contribution in [3.63, 3.8) is 0 Å². The van der Waals surface area contributed by atoms with Crippen molar-refractivity contribution in [3.8, 4) is 0 Å². The number of unbranched alkanes of at least 4 members (excludes halogenated alkanes) is 14. The minimum absolute atomic E-state index is 0.0363. The number of phosphoric ester groups is 2. The topological polar surface area (TPSA) is 269 Å². The summed E-state index contributed by atoms with van der Waals surface area (Å²) in [6.07, 6.45) is 25.4. The Morgan fingerprint density at radius 1 is 0.576 bits per heavy atom. The molecule has 0 radical (unpaired) electrons. The van der Waals surface area contributed by atoms with Crippen molar-refractivity contribution < 1.29 is 81.6 Å². The molecule has 17 nitrogen and oxygen atoms in total. The van der Waals surface area contributed by atoms with Crippen LogP contribution in [0.2, 0.25) is 0 Å². The molecule has 66 heavy (non-hydrogen) atoms. The van der Waals surface area contributed by atoms with Crippen LogP contribution in [0, 0.1) is 0 Å². The molecular weight excluding hydrogens is 898 g/mol. The first-order valence-electron chi connectivity index (χ1n) is 24.3. The van der Waals surface area contributed by atoms with Gasteiger partial charge in [0.25, 0.3) is 0 Å². The summed E-state index contributed by atoms with van der Waals surface area (Å²) in [6, 6.07) is 0. The number of aliphatic hydroxyl groups is 4. The van der Waals surface area contributed by atoms with Crippen LogP contribution in [-0.2, 0) is 46.5 Å². The van der Waals surface area contributed by atoms with Crippen LogP contribution in [0.3, 0.4) is 0 Å². The van der Waals surface area contributed by atoms with Crippen molar-refractivity contribution in [2.75, 3.05) is 13.2 Å². The molecule has 0 aromatic heterocycles. The summed E-state index contributed by atoms with van der Waals surface area (Å²) < 4.78 is 55.1. The van der Waals surface area contributed by atoms with E-state index in [9.17, 15) is 53.8 Å². The van der Waals surface area contributed by atoms with Crippen molar-refractivity contribution in [3.05, 3.63) is 48.6 Å². The van der Waals surface area contributed by atoms with E-state index in [4.69, 9.17) is 23.3 Å². The molecule has 10 atom stereocenters. The van der Waals surface area contributed by atoms with E-state index in [0.29, 0.717) is 31.5 Å². The monoisotopic (exact) mass is 981 g/mol. The van der Waals surface area contributed by atoms with Gasteiger partial charge in [-0.1, -0.05) is 140 Å². The van der Waals surface area contributed by atoms with E-state index in [2.05, 4.69) is 54.8 Å². The standard InChI is InChI=1S/C47H82O17P2/c1-3-5-7-8-9-10-11-12-13-14-15-19-22-25-29-33-40(48)59-35-37(36-60-66(57,58)64-47-44(52)42(50)43(51)46(45(47)53)63-65(54,55)56)61-41(49)34-30-26-23-20-17-16-18-21-24-28-32-39-38(62-39)31-27-6-4-2/h5,7,16,18,20,23-24,28,37-39,42-47,50-53H,3-4,6,8-15,17,19,21-22,25-27,29-36H2,1-2H3,(H,57,58)(H2,54,55,56)/b7-5-,18-16-,23-20-,28-24-/t37-,38?,39?,42?,43?,44?,45?,46-,47+/m1/s1. The van der Waals surface area contributed by atoms with E-state index in [0.717, 1.165) is 64.2 Å². The van der Waals surface area contributed by atoms with Gasteiger partial charge in [0.15, 0.2) is 6.10 Å². The third-order valence-corrected chi connectivity index (χ3v) is 12.8. The van der Waals surface area contributed by atoms with Crippen LogP contribution < -0.4 is 0 Å². The molecule has 0 aromatic rings. The SMILES string of the molecule is CC/C=C\CCCCCCCCCCCCCC(=O)OC[C@H](COP(=O)(O)O[C@H]1C(O)C(O)C(O)[C@@H](OP(=O)(O)O)C1O)OC(=O)CCC/C=C\C/C=C\C/C=C\CC1OC1CCCCC. The summed E-state index contributed by atoms with van der Waals surface area (Å²) in [5, 5.41) is 41.3. The van der Waals surface area contributed by atoms with Crippen molar-refractivity contribution in [2.45, 2.75) is 223 Å². The zero-order chi connectivity index (χ0) is 48.6. The number of carbonyl (C=O) groups is 2. The number of epoxide rings is 1. The van der Waals surface area contributed by atoms with Crippen LogP contribution in [0.1, 0.15) is 168 Å². The number of allylic oxidation sites excluding steroid dienone is 7. The average molecular weight is 981 g/mol. The largest absolute Gasteiger partial charge is 0.472 e. The van der Waals surface area contributed by atoms with Crippen LogP contribution in [0.4, 0.5) is 0 Å². The Bertz CT molecular complexity index is 1530. The molecule has 2 aliphatic rings. The zero-order valence-electron chi connectivity index (χ0n) is 39.3. The maximum Gasteiger partial charge on any atom is 0.472 e. The lowest BCUT2D eigenvalue weighted by atomic mass is 9.85. The van der Waals surface area contributed by atoms with Gasteiger partial charge in [0.1, 0.15) is 43.2 Å². The number of phosphoric acid groups is 2. The van der Waals surface area contributed by atoms with Crippen molar-refractivity contribution in [1.29, 1.82) is 0 Å². The zero-order valence-corrected chi connectivity index (χ0v) is 41.1. The number of aliphatic hydroxyl groups excluding tert-OH is 4. The first-order valence-corrected chi connectivity index (χ1v) is 27.3. The second-order valence-corrected chi connectivity index (χ2v) is 19.8. The molecule has 0 spiro atoms. The highest BCUT2D eigenvalue weighted by molar-refractivity contribution is 7.47. The maximum atomic E-state index is 13.0. The summed E-state index contributed by atoms with van der Waals surface area (Å²) in [6.45, 7) is 2.95. The van der Waals surface area contributed by atoms with Crippen molar-refractivity contribution in [1.82, 2.24) is 0 Å². The van der Waals surface area contributed by atoms with Gasteiger partial charge < -0.3 is 49.3 Å². The van der Waals surface area contributed by atoms with Gasteiger partial charge in [-0.3, -0.25) is 23.2 Å². The molecular formula is C47H82O17P2. The number of ether oxygens (including phenoxy) is 3. The number of esters is 2. The van der Waals surface area contributed by atoms with Crippen LogP contribution in [0.15, 0.2) is 48.6 Å². The molecule has 0 amide bonds. The summed E-state index contributed by atoms with van der Waals surface area (Å²) in [5.41, 5.74) is 0. The first-order chi connectivity index (χ1) is 31.6. The number of hydrogen-bond donors (Lipinski definition) is 7. The quantitative estimate of drug-likeness (QED) is 0.0100. The van der Waals surface area contributed by atoms with Gasteiger partial charge >= 0.3 is 27.6 Å². The molecule has 0 aromatic carbocycles. The van der Waals surface area contributed by atoms with Crippen LogP contribution in [-0.4, -0.2) is 115 Å². The summed E-state index contributed by atoms with van der Waals surface area (Å²) >= 11 is 0. The predicted molar refractivity (Wildman–Crippen MR) is 250 cm³/mol. The third-order valence-electron chi connectivity index (χ3n) is 11.3. The predicted octanol–water partition coefficient (Wildman–Crippen LogP) is 8.27. The van der Waals surface area contributed by atoms with E-state index in [1.807, 2.05) is 12.2 Å². The fraction of sp³-hybridized carbons (Fsp3) is 0.787. The van der Waals surface area contributed by atoms with Gasteiger partial charge in [-0.15, -0.1) is 0 Å². The van der Waals surface area contributed by atoms with Gasteiger partial charge in [-0.05, 0) is 64.2 Å². The highest BCUT2D eigenvalue weighted by Crippen LogP contribution is 2.49. The Kier molecular flexibility index (Phi) is 31.9. The van der Waals surface area contributed by atoms with Crippen molar-refractivity contribution >= 4 is 27.6 Å². The number of rotatable bonds is 39. The van der Waals surface area contributed by atoms with Crippen LogP contribution in [0.25, 0.3) is 0 Å². The van der Waals surface area contributed by atoms with E-state index in [1.54, 1.807) is 0 Å². The maximum absolute atomic E-state index is 13.0. The molecule has 7 N–H and O–H groups in total.